The topological polar surface area (TPSA) is 57.6 Å². The van der Waals surface area contributed by atoms with Crippen molar-refractivity contribution in [3.05, 3.63) is 33.8 Å². The minimum Gasteiger partial charge on any atom is -0.480 e. The van der Waals surface area contributed by atoms with Gasteiger partial charge in [0, 0.05) is 16.6 Å². The van der Waals surface area contributed by atoms with Crippen molar-refractivity contribution >= 4 is 27.8 Å². The summed E-state index contributed by atoms with van der Waals surface area (Å²) in [5.41, 5.74) is 1.57. The summed E-state index contributed by atoms with van der Waals surface area (Å²) in [7, 11) is 0. The third-order valence-corrected chi connectivity index (χ3v) is 4.49. The minimum absolute atomic E-state index is 0.00432. The number of halogens is 1. The Bertz CT molecular complexity index is 529. The number of likely N-dealkylation sites (tertiary alicyclic amines) is 1. The standard InChI is InChI=1S/C14H16BrNO3/c1-8-3-4-10(7-11(8)15)13(17)16-6-5-9(2)12(16)14(18)19/h3-4,7,9,12H,5-6H2,1-2H3,(H,18,19). The van der Waals surface area contributed by atoms with E-state index in [0.717, 1.165) is 16.5 Å². The third kappa shape index (κ3) is 2.66. The van der Waals surface area contributed by atoms with Crippen molar-refractivity contribution in [3.63, 3.8) is 0 Å². The molecule has 2 rings (SSSR count). The average molecular weight is 326 g/mol. The molecule has 1 aliphatic heterocycles. The fourth-order valence-electron chi connectivity index (χ4n) is 2.44. The molecule has 1 amide bonds. The molecule has 4 nitrogen and oxygen atoms in total. The highest BCUT2D eigenvalue weighted by atomic mass is 79.9. The van der Waals surface area contributed by atoms with Gasteiger partial charge >= 0.3 is 5.97 Å². The maximum absolute atomic E-state index is 12.4. The van der Waals surface area contributed by atoms with Gasteiger partial charge in [-0.2, -0.15) is 0 Å². The zero-order chi connectivity index (χ0) is 14.2. The summed E-state index contributed by atoms with van der Waals surface area (Å²) in [4.78, 5) is 25.2. The van der Waals surface area contributed by atoms with Gasteiger partial charge in [-0.1, -0.05) is 28.9 Å². The first-order valence-electron chi connectivity index (χ1n) is 6.21. The van der Waals surface area contributed by atoms with Crippen molar-refractivity contribution in [3.8, 4) is 0 Å². The Hall–Kier alpha value is -1.36. The van der Waals surface area contributed by atoms with Crippen LogP contribution in [-0.2, 0) is 4.79 Å². The molecule has 1 aliphatic rings. The van der Waals surface area contributed by atoms with E-state index < -0.39 is 12.0 Å². The van der Waals surface area contributed by atoms with Crippen molar-refractivity contribution in [2.24, 2.45) is 5.92 Å². The lowest BCUT2D eigenvalue weighted by Crippen LogP contribution is -2.42. The number of aliphatic carboxylic acids is 1. The second-order valence-electron chi connectivity index (χ2n) is 5.01. The summed E-state index contributed by atoms with van der Waals surface area (Å²) in [5, 5.41) is 9.25. The van der Waals surface area contributed by atoms with Crippen LogP contribution in [-0.4, -0.2) is 34.5 Å². The quantitative estimate of drug-likeness (QED) is 0.909. The van der Waals surface area contributed by atoms with E-state index in [4.69, 9.17) is 0 Å². The van der Waals surface area contributed by atoms with E-state index >= 15 is 0 Å². The van der Waals surface area contributed by atoms with E-state index in [9.17, 15) is 14.7 Å². The second-order valence-corrected chi connectivity index (χ2v) is 5.87. The van der Waals surface area contributed by atoms with E-state index in [2.05, 4.69) is 15.9 Å². The van der Waals surface area contributed by atoms with E-state index in [1.807, 2.05) is 19.9 Å². The lowest BCUT2D eigenvalue weighted by molar-refractivity contribution is -0.142. The molecule has 0 spiro atoms. The van der Waals surface area contributed by atoms with Crippen molar-refractivity contribution in [1.29, 1.82) is 0 Å². The summed E-state index contributed by atoms with van der Waals surface area (Å²) in [6, 6.07) is 4.63. The molecule has 0 bridgehead atoms. The number of carboxylic acid groups (broad SMARTS) is 1. The molecular weight excluding hydrogens is 310 g/mol. The highest BCUT2D eigenvalue weighted by Gasteiger charge is 2.39. The van der Waals surface area contributed by atoms with Crippen LogP contribution >= 0.6 is 15.9 Å². The molecule has 102 valence electrons. The van der Waals surface area contributed by atoms with Gasteiger partial charge in [0.05, 0.1) is 0 Å². The lowest BCUT2D eigenvalue weighted by atomic mass is 10.0. The molecule has 1 heterocycles. The number of hydrogen-bond donors (Lipinski definition) is 1. The summed E-state index contributed by atoms with van der Waals surface area (Å²) in [6.45, 7) is 4.32. The van der Waals surface area contributed by atoms with Crippen molar-refractivity contribution in [2.45, 2.75) is 26.3 Å². The highest BCUT2D eigenvalue weighted by molar-refractivity contribution is 9.10. The van der Waals surface area contributed by atoms with Crippen LogP contribution in [0.15, 0.2) is 22.7 Å². The van der Waals surface area contributed by atoms with Gasteiger partial charge in [-0.15, -0.1) is 0 Å². The summed E-state index contributed by atoms with van der Waals surface area (Å²) in [6.07, 6.45) is 0.732. The van der Waals surface area contributed by atoms with E-state index in [1.54, 1.807) is 12.1 Å². The zero-order valence-electron chi connectivity index (χ0n) is 10.9. The molecule has 1 aromatic rings. The van der Waals surface area contributed by atoms with Crippen molar-refractivity contribution in [2.75, 3.05) is 6.54 Å². The zero-order valence-corrected chi connectivity index (χ0v) is 12.5. The SMILES string of the molecule is Cc1ccc(C(=O)N2CCC(C)C2C(=O)O)cc1Br. The molecule has 19 heavy (non-hydrogen) atoms. The molecule has 2 atom stereocenters. The Kier molecular flexibility index (Phi) is 3.94. The first-order chi connectivity index (χ1) is 8.91. The Morgan fingerprint density at radius 1 is 1.42 bits per heavy atom. The van der Waals surface area contributed by atoms with Gasteiger partial charge in [0.15, 0.2) is 0 Å². The number of amides is 1. The van der Waals surface area contributed by atoms with Crippen LogP contribution in [0.4, 0.5) is 0 Å². The van der Waals surface area contributed by atoms with Gasteiger partial charge in [0.25, 0.3) is 5.91 Å². The first kappa shape index (κ1) is 14.1. The van der Waals surface area contributed by atoms with Crippen molar-refractivity contribution < 1.29 is 14.7 Å². The van der Waals surface area contributed by atoms with Crippen LogP contribution in [0.2, 0.25) is 0 Å². The van der Waals surface area contributed by atoms with Crippen LogP contribution in [0.25, 0.3) is 0 Å². The Morgan fingerprint density at radius 3 is 2.68 bits per heavy atom. The number of benzene rings is 1. The molecule has 0 radical (unpaired) electrons. The number of carbonyl (C=O) groups is 2. The second kappa shape index (κ2) is 5.33. The molecule has 0 aliphatic carbocycles. The molecule has 1 saturated heterocycles. The van der Waals surface area contributed by atoms with Crippen LogP contribution in [0, 0.1) is 12.8 Å². The number of hydrogen-bond acceptors (Lipinski definition) is 2. The van der Waals surface area contributed by atoms with Gasteiger partial charge in [0.1, 0.15) is 6.04 Å². The molecule has 2 unspecified atom stereocenters. The first-order valence-corrected chi connectivity index (χ1v) is 7.01. The monoisotopic (exact) mass is 325 g/mol. The predicted molar refractivity (Wildman–Crippen MR) is 75.1 cm³/mol. The van der Waals surface area contributed by atoms with E-state index in [0.29, 0.717) is 12.1 Å². The number of aryl methyl sites for hydroxylation is 1. The Labute approximate surface area is 120 Å². The highest BCUT2D eigenvalue weighted by Crippen LogP contribution is 2.27. The van der Waals surface area contributed by atoms with Gasteiger partial charge < -0.3 is 10.0 Å². The normalized spacial score (nSPS) is 22.6. The maximum Gasteiger partial charge on any atom is 0.326 e. The Balaban J connectivity index is 2.28. The average Bonchev–Trinajstić information content (AvgIpc) is 2.74. The number of carboxylic acids is 1. The van der Waals surface area contributed by atoms with Gasteiger partial charge in [-0.25, -0.2) is 4.79 Å². The van der Waals surface area contributed by atoms with Gasteiger partial charge in [0.2, 0.25) is 0 Å². The number of rotatable bonds is 2. The molecule has 0 aromatic heterocycles. The van der Waals surface area contributed by atoms with E-state index in [1.165, 1.54) is 4.90 Å². The number of nitrogens with zero attached hydrogens (tertiary/aromatic N) is 1. The molecular formula is C14H16BrNO3. The van der Waals surface area contributed by atoms with Crippen LogP contribution in [0.5, 0.6) is 0 Å². The fraction of sp³-hybridized carbons (Fsp3) is 0.429. The smallest absolute Gasteiger partial charge is 0.326 e. The predicted octanol–water partition coefficient (Wildman–Crippen LogP) is 2.69. The van der Waals surface area contributed by atoms with Gasteiger partial charge in [-0.05, 0) is 37.0 Å². The molecule has 1 fully saturated rings. The Morgan fingerprint density at radius 2 is 2.11 bits per heavy atom. The summed E-state index contributed by atoms with van der Waals surface area (Å²) in [5.74, 6) is -1.14. The molecule has 5 heteroatoms. The van der Waals surface area contributed by atoms with Crippen molar-refractivity contribution in [1.82, 2.24) is 4.90 Å². The maximum atomic E-state index is 12.4. The van der Waals surface area contributed by atoms with Gasteiger partial charge in [-0.3, -0.25) is 4.79 Å². The molecule has 1 N–H and O–H groups in total. The molecule has 1 aromatic carbocycles. The summed E-state index contributed by atoms with van der Waals surface area (Å²) >= 11 is 3.39. The van der Waals surface area contributed by atoms with Crippen LogP contribution < -0.4 is 0 Å². The third-order valence-electron chi connectivity index (χ3n) is 3.63. The fourth-order valence-corrected chi connectivity index (χ4v) is 2.82. The summed E-state index contributed by atoms with van der Waals surface area (Å²) < 4.78 is 0.859. The van der Waals surface area contributed by atoms with E-state index in [-0.39, 0.29) is 11.8 Å². The number of carbonyl (C=O) groups excluding carboxylic acids is 1. The minimum atomic E-state index is -0.926. The van der Waals surface area contributed by atoms with Crippen LogP contribution in [0.1, 0.15) is 29.3 Å². The largest absolute Gasteiger partial charge is 0.480 e. The molecule has 0 saturated carbocycles. The van der Waals surface area contributed by atoms with Crippen LogP contribution in [0.3, 0.4) is 0 Å². The lowest BCUT2D eigenvalue weighted by Gasteiger charge is -2.23.